The first-order valence-corrected chi connectivity index (χ1v) is 8.53. The number of rotatable bonds is 8. The summed E-state index contributed by atoms with van der Waals surface area (Å²) in [6.45, 7) is 3.45. The van der Waals surface area contributed by atoms with Crippen LogP contribution in [0, 0.1) is 11.3 Å². The summed E-state index contributed by atoms with van der Waals surface area (Å²) in [7, 11) is 0. The molecule has 0 aliphatic carbocycles. The van der Waals surface area contributed by atoms with Gasteiger partial charge in [-0.05, 0) is 5.41 Å². The van der Waals surface area contributed by atoms with Crippen molar-refractivity contribution in [3.05, 3.63) is 0 Å². The van der Waals surface area contributed by atoms with Crippen LogP contribution in [0.2, 0.25) is 0 Å². The summed E-state index contributed by atoms with van der Waals surface area (Å²) in [5.74, 6) is -0.732. The summed E-state index contributed by atoms with van der Waals surface area (Å²) < 4.78 is 10.5. The summed E-state index contributed by atoms with van der Waals surface area (Å²) in [5, 5.41) is 78.4. The number of hydrogen-bond acceptors (Lipinski definition) is 10. The van der Waals surface area contributed by atoms with Crippen LogP contribution in [0.15, 0.2) is 0 Å². The second-order valence-electron chi connectivity index (χ2n) is 7.69. The molecule has 0 radical (unpaired) electrons. The molecule has 26 heavy (non-hydrogen) atoms. The zero-order valence-corrected chi connectivity index (χ0v) is 15.2. The van der Waals surface area contributed by atoms with Crippen LogP contribution in [0.4, 0.5) is 0 Å². The molecular formula is C16H32O10. The predicted molar refractivity (Wildman–Crippen MR) is 87.8 cm³/mol. The average Bonchev–Trinajstić information content (AvgIpc) is 2.58. The Morgan fingerprint density at radius 2 is 1.46 bits per heavy atom. The van der Waals surface area contributed by atoms with E-state index in [0.29, 0.717) is 0 Å². The quantitative estimate of drug-likeness (QED) is 0.209. The molecule has 1 aliphatic heterocycles. The van der Waals surface area contributed by atoms with Gasteiger partial charge in [-0.15, -0.1) is 0 Å². The van der Waals surface area contributed by atoms with Crippen LogP contribution in [0.3, 0.4) is 0 Å². The zero-order valence-electron chi connectivity index (χ0n) is 15.2. The minimum Gasteiger partial charge on any atom is -0.396 e. The standard InChI is InChI=1S/C16H32O10/c1-16(2,3)7(4-17)10(20)11(21)8(5-18)25-15-14(24)13(23)12(22)9(6-19)26-15/h7-15,17-24H,4-6H2,1-3H3/t7?,8-,9-,10-,11-,12-,13+,14-,15+/m1/s1. The average molecular weight is 384 g/mol. The highest BCUT2D eigenvalue weighted by molar-refractivity contribution is 4.91. The van der Waals surface area contributed by atoms with Gasteiger partial charge in [-0.2, -0.15) is 0 Å². The van der Waals surface area contributed by atoms with E-state index in [1.807, 2.05) is 0 Å². The van der Waals surface area contributed by atoms with Crippen molar-refractivity contribution in [1.29, 1.82) is 0 Å². The predicted octanol–water partition coefficient (Wildman–Crippen LogP) is -3.46. The fourth-order valence-electron chi connectivity index (χ4n) is 2.94. The Morgan fingerprint density at radius 3 is 1.88 bits per heavy atom. The van der Waals surface area contributed by atoms with Gasteiger partial charge in [-0.25, -0.2) is 0 Å². The first-order chi connectivity index (χ1) is 12.0. The van der Waals surface area contributed by atoms with Gasteiger partial charge < -0.3 is 50.3 Å². The van der Waals surface area contributed by atoms with Gasteiger partial charge in [0.2, 0.25) is 0 Å². The summed E-state index contributed by atoms with van der Waals surface area (Å²) in [4.78, 5) is 0. The summed E-state index contributed by atoms with van der Waals surface area (Å²) >= 11 is 0. The maximum Gasteiger partial charge on any atom is 0.187 e. The molecule has 0 aromatic heterocycles. The van der Waals surface area contributed by atoms with E-state index in [1.165, 1.54) is 0 Å². The minimum absolute atomic E-state index is 0.417. The van der Waals surface area contributed by atoms with E-state index in [-0.39, 0.29) is 0 Å². The highest BCUT2D eigenvalue weighted by Gasteiger charge is 2.46. The molecule has 8 N–H and O–H groups in total. The second-order valence-corrected chi connectivity index (χ2v) is 7.69. The minimum atomic E-state index is -1.71. The Morgan fingerprint density at radius 1 is 0.885 bits per heavy atom. The largest absolute Gasteiger partial charge is 0.396 e. The third-order valence-corrected chi connectivity index (χ3v) is 4.79. The molecule has 10 heteroatoms. The van der Waals surface area contributed by atoms with Gasteiger partial charge in [0, 0.05) is 12.5 Å². The molecule has 0 bridgehead atoms. The molecule has 0 aromatic rings. The fraction of sp³-hybridized carbons (Fsp3) is 1.00. The molecule has 1 fully saturated rings. The monoisotopic (exact) mass is 384 g/mol. The van der Waals surface area contributed by atoms with Gasteiger partial charge in [-0.1, -0.05) is 20.8 Å². The van der Waals surface area contributed by atoms with E-state index in [9.17, 15) is 35.7 Å². The molecule has 1 saturated heterocycles. The number of hydrogen-bond donors (Lipinski definition) is 8. The van der Waals surface area contributed by atoms with E-state index < -0.39 is 80.2 Å². The van der Waals surface area contributed by atoms with Gasteiger partial charge in [-0.3, -0.25) is 0 Å². The van der Waals surface area contributed by atoms with Gasteiger partial charge in [0.15, 0.2) is 6.29 Å². The molecule has 1 unspecified atom stereocenters. The Kier molecular flexibility index (Phi) is 8.81. The normalized spacial score (nSPS) is 35.0. The fourth-order valence-corrected chi connectivity index (χ4v) is 2.94. The molecule has 0 aromatic carbocycles. The van der Waals surface area contributed by atoms with E-state index in [1.54, 1.807) is 20.8 Å². The smallest absolute Gasteiger partial charge is 0.187 e. The molecule has 9 atom stereocenters. The van der Waals surface area contributed by atoms with Crippen molar-refractivity contribution in [3.63, 3.8) is 0 Å². The van der Waals surface area contributed by atoms with Crippen molar-refractivity contribution in [2.24, 2.45) is 11.3 Å². The van der Waals surface area contributed by atoms with E-state index in [4.69, 9.17) is 14.6 Å². The van der Waals surface area contributed by atoms with Crippen LogP contribution < -0.4 is 0 Å². The molecule has 0 amide bonds. The molecular weight excluding hydrogens is 352 g/mol. The zero-order chi connectivity index (χ0) is 20.2. The topological polar surface area (TPSA) is 180 Å². The van der Waals surface area contributed by atoms with Crippen LogP contribution in [0.1, 0.15) is 20.8 Å². The van der Waals surface area contributed by atoms with Gasteiger partial charge in [0.25, 0.3) is 0 Å². The lowest BCUT2D eigenvalue weighted by atomic mass is 9.75. The van der Waals surface area contributed by atoms with Crippen LogP contribution in [0.25, 0.3) is 0 Å². The van der Waals surface area contributed by atoms with Crippen LogP contribution in [0.5, 0.6) is 0 Å². The first kappa shape index (κ1) is 23.6. The van der Waals surface area contributed by atoms with Gasteiger partial charge in [0.1, 0.15) is 36.6 Å². The van der Waals surface area contributed by atoms with E-state index >= 15 is 0 Å². The van der Waals surface area contributed by atoms with Crippen molar-refractivity contribution in [2.75, 3.05) is 19.8 Å². The Bertz CT molecular complexity index is 412. The molecule has 0 saturated carbocycles. The van der Waals surface area contributed by atoms with Crippen molar-refractivity contribution < 1.29 is 50.3 Å². The molecule has 156 valence electrons. The summed E-state index contributed by atoms with van der Waals surface area (Å²) in [6, 6.07) is 0. The molecule has 0 spiro atoms. The molecule has 1 aliphatic rings. The lowest BCUT2D eigenvalue weighted by Crippen LogP contribution is -2.61. The second kappa shape index (κ2) is 9.69. The third-order valence-electron chi connectivity index (χ3n) is 4.79. The van der Waals surface area contributed by atoms with Gasteiger partial charge >= 0.3 is 0 Å². The van der Waals surface area contributed by atoms with E-state index in [0.717, 1.165) is 0 Å². The van der Waals surface area contributed by atoms with E-state index in [2.05, 4.69) is 0 Å². The molecule has 10 nitrogen and oxygen atoms in total. The maximum absolute atomic E-state index is 10.4. The SMILES string of the molecule is CC(C)(C)C(CO)[C@@H](O)[C@H](O)[C@@H](CO)O[C@H]1O[C@H](CO)[C@@H](O)[C@H](O)[C@H]1O. The highest BCUT2D eigenvalue weighted by Crippen LogP contribution is 2.31. The van der Waals surface area contributed by atoms with Crippen molar-refractivity contribution in [2.45, 2.75) is 69.8 Å². The summed E-state index contributed by atoms with van der Waals surface area (Å²) in [6.07, 6.45) is -12.2. The Hall–Kier alpha value is -0.400. The van der Waals surface area contributed by atoms with Crippen molar-refractivity contribution >= 4 is 0 Å². The lowest BCUT2D eigenvalue weighted by Gasteiger charge is -2.42. The van der Waals surface area contributed by atoms with Crippen LogP contribution in [-0.4, -0.2) is 110 Å². The maximum atomic E-state index is 10.4. The molecule has 1 rings (SSSR count). The number of aliphatic hydroxyl groups excluding tert-OH is 8. The van der Waals surface area contributed by atoms with Crippen LogP contribution in [-0.2, 0) is 9.47 Å². The number of ether oxygens (including phenoxy) is 2. The number of aliphatic hydroxyl groups is 8. The van der Waals surface area contributed by atoms with Crippen molar-refractivity contribution in [1.82, 2.24) is 0 Å². The van der Waals surface area contributed by atoms with Crippen LogP contribution >= 0.6 is 0 Å². The third kappa shape index (κ3) is 5.32. The first-order valence-electron chi connectivity index (χ1n) is 8.53. The Balaban J connectivity index is 2.87. The highest BCUT2D eigenvalue weighted by atomic mass is 16.7. The molecule has 1 heterocycles. The van der Waals surface area contributed by atoms with Crippen molar-refractivity contribution in [3.8, 4) is 0 Å². The lowest BCUT2D eigenvalue weighted by molar-refractivity contribution is -0.322. The Labute approximate surface area is 152 Å². The van der Waals surface area contributed by atoms with Gasteiger partial charge in [0.05, 0.1) is 19.3 Å². The summed E-state index contributed by atoms with van der Waals surface area (Å²) in [5.41, 5.74) is -0.557.